The van der Waals surface area contributed by atoms with E-state index in [9.17, 15) is 26.4 Å². The predicted octanol–water partition coefficient (Wildman–Crippen LogP) is 2.85. The number of hydrogen-bond donors (Lipinski definition) is 2. The van der Waals surface area contributed by atoms with Crippen LogP contribution in [0.15, 0.2) is 40.9 Å². The van der Waals surface area contributed by atoms with Gasteiger partial charge >= 0.3 is 6.18 Å². The number of hydrazine groups is 1. The van der Waals surface area contributed by atoms with Gasteiger partial charge in [-0.2, -0.15) is 13.2 Å². The number of halogens is 3. The molecule has 2 N–H and O–H groups in total. The first-order valence-electron chi connectivity index (χ1n) is 8.53. The number of allylic oxidation sites excluding steroid dienone is 1. The third-order valence-corrected chi connectivity index (χ3v) is 5.49. The van der Waals surface area contributed by atoms with Gasteiger partial charge in [-0.15, -0.1) is 0 Å². The van der Waals surface area contributed by atoms with E-state index in [1.54, 1.807) is 0 Å². The molecule has 1 amide bonds. The summed E-state index contributed by atoms with van der Waals surface area (Å²) < 4.78 is 65.0. The van der Waals surface area contributed by atoms with Gasteiger partial charge in [-0.3, -0.25) is 15.2 Å². The van der Waals surface area contributed by atoms with Gasteiger partial charge in [-0.05, 0) is 36.8 Å². The number of alkyl halides is 3. The van der Waals surface area contributed by atoms with Gasteiger partial charge in [0.2, 0.25) is 5.91 Å². The van der Waals surface area contributed by atoms with E-state index >= 15 is 0 Å². The average molecular weight is 428 g/mol. The molecule has 2 rings (SSSR count). The number of nitrogens with one attached hydrogen (secondary N) is 2. The number of nitrogens with zero attached hydrogens (tertiary/aromatic N) is 1. The number of hydrogen-bond acceptors (Lipinski definition) is 5. The normalized spacial score (nSPS) is 16.8. The second kappa shape index (κ2) is 10.00. The fourth-order valence-corrected chi connectivity index (χ4v) is 3.77. The Labute approximate surface area is 184 Å². The van der Waals surface area contributed by atoms with Crippen molar-refractivity contribution in [3.05, 3.63) is 36.0 Å². The molecule has 1 aliphatic heterocycles. The maximum absolute atomic E-state index is 13.1. The van der Waals surface area contributed by atoms with E-state index in [0.717, 1.165) is 32.3 Å². The number of carbonyl (C=O) groups is 1. The van der Waals surface area contributed by atoms with Crippen LogP contribution in [-0.2, 0) is 14.8 Å². The number of sulfonamides is 1. The van der Waals surface area contributed by atoms with E-state index in [1.165, 1.54) is 29.3 Å². The summed E-state index contributed by atoms with van der Waals surface area (Å²) in [5, 5.41) is 1.38. The van der Waals surface area contributed by atoms with Crippen LogP contribution in [-0.4, -0.2) is 56.1 Å². The summed E-state index contributed by atoms with van der Waals surface area (Å²) >= 11 is 0. The zero-order chi connectivity index (χ0) is 20.2. The number of unbranched alkanes of at least 4 members (excludes halogenated alkanes) is 2. The van der Waals surface area contributed by atoms with Crippen molar-refractivity contribution in [2.45, 2.75) is 56.6 Å². The average Bonchev–Trinajstić information content (AvgIpc) is 2.98. The minimum atomic E-state index is -4.49. The maximum atomic E-state index is 13.1. The van der Waals surface area contributed by atoms with Crippen LogP contribution >= 0.6 is 0 Å². The molecule has 0 aliphatic carbocycles. The first-order chi connectivity index (χ1) is 12.5. The first kappa shape index (κ1) is 24.8. The van der Waals surface area contributed by atoms with Crippen molar-refractivity contribution < 1.29 is 26.4 Å². The van der Waals surface area contributed by atoms with E-state index in [4.69, 9.17) is 0 Å². The Bertz CT molecular complexity index is 811. The van der Waals surface area contributed by atoms with Gasteiger partial charge < -0.3 is 0 Å². The zero-order valence-electron chi connectivity index (χ0n) is 16.0. The molecule has 0 spiro atoms. The third-order valence-electron chi connectivity index (χ3n) is 4.04. The maximum Gasteiger partial charge on any atom is 0.432 e. The molecular weight excluding hydrogens is 406 g/mol. The minimum Gasteiger partial charge on any atom is -0.294 e. The molecule has 1 radical (unpaired) electrons. The Hall–Kier alpha value is -1.23. The molecular formula is C17H22F3N3NaO3S. The molecule has 1 aromatic carbocycles. The number of benzene rings is 1. The molecule has 0 saturated carbocycles. The standard InChI is InChI=1S/C17H22F3N3O3S.Na/c1-3-4-5-6-14-11-16(17(18,19)20)21-23(14)13-7-9-15(10-8-13)27(25,26)22-12(2)24;/h7-11,14,21H,3-6H2,1-2H3,(H,22,24);. The van der Waals surface area contributed by atoms with Crippen molar-refractivity contribution in [2.75, 3.05) is 5.01 Å². The van der Waals surface area contributed by atoms with E-state index in [2.05, 4.69) is 5.43 Å². The van der Waals surface area contributed by atoms with Crippen LogP contribution in [0.5, 0.6) is 0 Å². The Morgan fingerprint density at radius 1 is 1.21 bits per heavy atom. The number of rotatable bonds is 7. The van der Waals surface area contributed by atoms with Crippen LogP contribution in [0.4, 0.5) is 18.9 Å². The Balaban J connectivity index is 0.00000392. The molecule has 0 fully saturated rings. The smallest absolute Gasteiger partial charge is 0.294 e. The fraction of sp³-hybridized carbons (Fsp3) is 0.471. The summed E-state index contributed by atoms with van der Waals surface area (Å²) in [6.07, 6.45) is -0.175. The predicted molar refractivity (Wildman–Crippen MR) is 101 cm³/mol. The molecule has 0 aromatic heterocycles. The Morgan fingerprint density at radius 2 is 1.82 bits per heavy atom. The molecule has 0 saturated heterocycles. The molecule has 1 aliphatic rings. The van der Waals surface area contributed by atoms with Crippen LogP contribution in [0.1, 0.15) is 39.5 Å². The van der Waals surface area contributed by atoms with Crippen molar-refractivity contribution >= 4 is 51.2 Å². The molecule has 1 unspecified atom stereocenters. The van der Waals surface area contributed by atoms with Crippen LogP contribution in [0.3, 0.4) is 0 Å². The number of amides is 1. The zero-order valence-corrected chi connectivity index (χ0v) is 18.8. The number of carbonyl (C=O) groups excluding carboxylic acids is 1. The Kier molecular flexibility index (Phi) is 8.86. The second-order valence-electron chi connectivity index (χ2n) is 6.28. The number of anilines is 1. The third kappa shape index (κ3) is 6.40. The summed E-state index contributed by atoms with van der Waals surface area (Å²) in [5.74, 6) is -0.727. The van der Waals surface area contributed by atoms with Crippen molar-refractivity contribution in [3.63, 3.8) is 0 Å². The molecule has 28 heavy (non-hydrogen) atoms. The van der Waals surface area contributed by atoms with E-state index in [1.807, 2.05) is 11.6 Å². The molecule has 11 heteroatoms. The minimum absolute atomic E-state index is 0. The largest absolute Gasteiger partial charge is 0.432 e. The van der Waals surface area contributed by atoms with Gasteiger partial charge in [0.1, 0.15) is 5.70 Å². The molecule has 6 nitrogen and oxygen atoms in total. The molecule has 1 heterocycles. The van der Waals surface area contributed by atoms with Gasteiger partial charge in [-0.25, -0.2) is 13.1 Å². The van der Waals surface area contributed by atoms with Gasteiger partial charge in [0.15, 0.2) is 0 Å². The van der Waals surface area contributed by atoms with Crippen molar-refractivity contribution in [1.82, 2.24) is 10.1 Å². The summed E-state index contributed by atoms with van der Waals surface area (Å²) in [5.41, 5.74) is 1.93. The summed E-state index contributed by atoms with van der Waals surface area (Å²) in [4.78, 5) is 10.8. The Morgan fingerprint density at radius 3 is 2.32 bits per heavy atom. The van der Waals surface area contributed by atoms with Crippen molar-refractivity contribution in [1.29, 1.82) is 0 Å². The van der Waals surface area contributed by atoms with E-state index in [-0.39, 0.29) is 34.5 Å². The van der Waals surface area contributed by atoms with Gasteiger partial charge in [0.05, 0.1) is 16.6 Å². The van der Waals surface area contributed by atoms with Crippen LogP contribution < -0.4 is 15.2 Å². The van der Waals surface area contributed by atoms with Gasteiger partial charge in [-0.1, -0.05) is 26.2 Å². The van der Waals surface area contributed by atoms with Crippen LogP contribution in [0.25, 0.3) is 0 Å². The molecule has 1 atom stereocenters. The van der Waals surface area contributed by atoms with Gasteiger partial charge in [0, 0.05) is 36.5 Å². The molecule has 1 aromatic rings. The topological polar surface area (TPSA) is 78.5 Å². The molecule has 151 valence electrons. The molecule has 0 bridgehead atoms. The fourth-order valence-electron chi connectivity index (χ4n) is 2.78. The second-order valence-corrected chi connectivity index (χ2v) is 7.96. The SMILES string of the molecule is CCCCCC1C=C(C(F)(F)F)NN1c1ccc(S(=O)(=O)NC(C)=O)cc1.[Na]. The van der Waals surface area contributed by atoms with Crippen LogP contribution in [0, 0.1) is 0 Å². The summed E-state index contributed by atoms with van der Waals surface area (Å²) in [6, 6.07) is 4.81. The quantitative estimate of drug-likeness (QED) is 0.516. The van der Waals surface area contributed by atoms with Crippen molar-refractivity contribution in [2.24, 2.45) is 0 Å². The van der Waals surface area contributed by atoms with Gasteiger partial charge in [0.25, 0.3) is 10.0 Å². The summed E-state index contributed by atoms with van der Waals surface area (Å²) in [7, 11) is -4.00. The monoisotopic (exact) mass is 428 g/mol. The van der Waals surface area contributed by atoms with E-state index in [0.29, 0.717) is 12.1 Å². The van der Waals surface area contributed by atoms with Crippen LogP contribution in [0.2, 0.25) is 0 Å². The first-order valence-corrected chi connectivity index (χ1v) is 10.0. The van der Waals surface area contributed by atoms with E-state index < -0.39 is 33.8 Å². The summed E-state index contributed by atoms with van der Waals surface area (Å²) in [6.45, 7) is 3.08. The van der Waals surface area contributed by atoms with Crippen molar-refractivity contribution in [3.8, 4) is 0 Å².